The Morgan fingerprint density at radius 3 is 2.54 bits per heavy atom. The van der Waals surface area contributed by atoms with Gasteiger partial charge in [-0.3, -0.25) is 9.69 Å². The minimum atomic E-state index is 0. The summed E-state index contributed by atoms with van der Waals surface area (Å²) in [6.45, 7) is 2.21. The molecule has 1 unspecified atom stereocenters. The van der Waals surface area contributed by atoms with Crippen LogP contribution in [0, 0.1) is 0 Å². The molecule has 2 aliphatic rings. The highest BCUT2D eigenvalue weighted by atomic mass is 35.5. The summed E-state index contributed by atoms with van der Waals surface area (Å²) >= 11 is 0. The van der Waals surface area contributed by atoms with Gasteiger partial charge in [0.05, 0.1) is 17.6 Å². The van der Waals surface area contributed by atoms with Crippen molar-refractivity contribution in [1.82, 2.24) is 14.7 Å². The number of likely N-dealkylation sites (tertiary alicyclic amines) is 1. The van der Waals surface area contributed by atoms with Crippen molar-refractivity contribution in [2.75, 3.05) is 13.1 Å². The molecule has 1 aromatic heterocycles. The Morgan fingerprint density at radius 2 is 1.73 bits per heavy atom. The highest BCUT2D eigenvalue weighted by Gasteiger charge is 2.29. The Kier molecular flexibility index (Phi) is 6.33. The van der Waals surface area contributed by atoms with Gasteiger partial charge in [-0.2, -0.15) is 5.10 Å². The number of halogens is 1. The number of nitrogens with zero attached hydrogens (tertiary/aromatic N) is 3. The Bertz CT molecular complexity index is 785. The maximum absolute atomic E-state index is 12.8. The third kappa shape index (κ3) is 3.95. The van der Waals surface area contributed by atoms with Crippen molar-refractivity contribution in [2.24, 2.45) is 5.73 Å². The van der Waals surface area contributed by atoms with Gasteiger partial charge in [-0.05, 0) is 51.1 Å². The predicted octanol–water partition coefficient (Wildman–Crippen LogP) is 3.12. The molecule has 0 radical (unpaired) electrons. The quantitative estimate of drug-likeness (QED) is 0.874. The smallest absolute Gasteiger partial charge is 0.274 e. The van der Waals surface area contributed by atoms with Crippen LogP contribution in [0.4, 0.5) is 0 Å². The molecule has 1 aliphatic carbocycles. The van der Waals surface area contributed by atoms with E-state index in [1.165, 1.54) is 19.4 Å². The summed E-state index contributed by atoms with van der Waals surface area (Å²) < 4.78 is 1.73. The second kappa shape index (κ2) is 8.51. The minimum Gasteiger partial charge on any atom is -0.327 e. The van der Waals surface area contributed by atoms with Gasteiger partial charge in [0.1, 0.15) is 0 Å². The van der Waals surface area contributed by atoms with E-state index in [0.717, 1.165) is 49.4 Å². The first-order valence-corrected chi connectivity index (χ1v) is 9.68. The first kappa shape index (κ1) is 19.3. The normalized spacial score (nSPS) is 27.7. The fourth-order valence-electron chi connectivity index (χ4n) is 4.57. The van der Waals surface area contributed by atoms with Crippen molar-refractivity contribution in [1.29, 1.82) is 0 Å². The second-order valence-electron chi connectivity index (χ2n) is 7.69. The molecule has 1 atom stereocenters. The summed E-state index contributed by atoms with van der Waals surface area (Å²) in [5.41, 5.74) is 6.28. The molecule has 26 heavy (non-hydrogen) atoms. The Morgan fingerprint density at radius 1 is 1.00 bits per heavy atom. The van der Waals surface area contributed by atoms with E-state index < -0.39 is 0 Å². The lowest BCUT2D eigenvalue weighted by molar-refractivity contribution is 0.133. The molecule has 6 heteroatoms. The zero-order chi connectivity index (χ0) is 17.2. The van der Waals surface area contributed by atoms with Gasteiger partial charge in [0, 0.05) is 24.0 Å². The Labute approximate surface area is 161 Å². The van der Waals surface area contributed by atoms with Gasteiger partial charge < -0.3 is 5.73 Å². The summed E-state index contributed by atoms with van der Waals surface area (Å²) in [5, 5.41) is 6.17. The summed E-state index contributed by atoms with van der Waals surface area (Å²) in [4.78, 5) is 15.4. The van der Waals surface area contributed by atoms with E-state index in [-0.39, 0.29) is 24.0 Å². The van der Waals surface area contributed by atoms with E-state index in [1.807, 2.05) is 30.5 Å². The molecular weight excluding hydrogens is 348 g/mol. The molecule has 5 nitrogen and oxygen atoms in total. The largest absolute Gasteiger partial charge is 0.327 e. The Hall–Kier alpha value is -1.43. The number of nitrogens with two attached hydrogens (primary N) is 1. The minimum absolute atomic E-state index is 0. The molecule has 2 aromatic rings. The fraction of sp³-hybridized carbons (Fsp3) is 0.600. The number of hydrogen-bond acceptors (Lipinski definition) is 4. The lowest BCUT2D eigenvalue weighted by Gasteiger charge is -2.37. The topological polar surface area (TPSA) is 64.2 Å². The zero-order valence-corrected chi connectivity index (χ0v) is 16.0. The molecule has 4 rings (SSSR count). The van der Waals surface area contributed by atoms with Crippen molar-refractivity contribution in [3.05, 3.63) is 40.8 Å². The summed E-state index contributed by atoms with van der Waals surface area (Å²) in [5.74, 6) is 0. The van der Waals surface area contributed by atoms with Crippen LogP contribution in [-0.2, 0) is 0 Å². The standard InChI is InChI=1S/C20H28N4O.ClH/c21-16-6-3-4-12-23(14-16)17-8-10-18(11-9-17)24-20(25)19-7-2-1-5-15(19)13-22-24;/h1-2,5,7,13,16-18H,3-4,6,8-12,14,21H2;1H. The van der Waals surface area contributed by atoms with E-state index in [1.54, 1.807) is 4.68 Å². The number of aromatic nitrogens is 2. The van der Waals surface area contributed by atoms with Crippen LogP contribution in [0.15, 0.2) is 35.3 Å². The van der Waals surface area contributed by atoms with Gasteiger partial charge in [-0.1, -0.05) is 24.6 Å². The number of rotatable bonds is 2. The molecule has 2 N–H and O–H groups in total. The Balaban J connectivity index is 0.00000196. The second-order valence-corrected chi connectivity index (χ2v) is 7.69. The molecule has 2 fully saturated rings. The lowest BCUT2D eigenvalue weighted by Crippen LogP contribution is -2.44. The highest BCUT2D eigenvalue weighted by molar-refractivity contribution is 5.85. The lowest BCUT2D eigenvalue weighted by atomic mass is 9.90. The van der Waals surface area contributed by atoms with Crippen LogP contribution in [0.25, 0.3) is 10.8 Å². The van der Waals surface area contributed by atoms with Crippen molar-refractivity contribution in [3.8, 4) is 0 Å². The van der Waals surface area contributed by atoms with Crippen molar-refractivity contribution in [3.63, 3.8) is 0 Å². The van der Waals surface area contributed by atoms with Crippen molar-refractivity contribution >= 4 is 23.2 Å². The van der Waals surface area contributed by atoms with Crippen LogP contribution in [-0.4, -0.2) is 39.9 Å². The summed E-state index contributed by atoms with van der Waals surface area (Å²) in [6.07, 6.45) is 9.83. The first-order chi connectivity index (χ1) is 12.2. The third-order valence-electron chi connectivity index (χ3n) is 5.99. The highest BCUT2D eigenvalue weighted by Crippen LogP contribution is 2.31. The maximum atomic E-state index is 12.8. The fourth-order valence-corrected chi connectivity index (χ4v) is 4.57. The van der Waals surface area contributed by atoms with Crippen molar-refractivity contribution < 1.29 is 0 Å². The van der Waals surface area contributed by atoms with E-state index in [0.29, 0.717) is 12.1 Å². The molecule has 142 valence electrons. The van der Waals surface area contributed by atoms with E-state index in [2.05, 4.69) is 10.00 Å². The molecule has 2 heterocycles. The first-order valence-electron chi connectivity index (χ1n) is 9.68. The molecule has 0 bridgehead atoms. The number of benzene rings is 1. The van der Waals surface area contributed by atoms with Gasteiger partial charge in [0.25, 0.3) is 5.56 Å². The van der Waals surface area contributed by atoms with Crippen LogP contribution >= 0.6 is 12.4 Å². The average Bonchev–Trinajstić information content (AvgIpc) is 2.87. The number of fused-ring (bicyclic) bond motifs is 1. The van der Waals surface area contributed by atoms with E-state index in [4.69, 9.17) is 5.73 Å². The van der Waals surface area contributed by atoms with Crippen LogP contribution in [0.1, 0.15) is 51.0 Å². The molecular formula is C20H29ClN4O. The molecule has 0 amide bonds. The van der Waals surface area contributed by atoms with Crippen LogP contribution < -0.4 is 11.3 Å². The van der Waals surface area contributed by atoms with Crippen LogP contribution in [0.2, 0.25) is 0 Å². The summed E-state index contributed by atoms with van der Waals surface area (Å²) in [7, 11) is 0. The monoisotopic (exact) mass is 376 g/mol. The SMILES string of the molecule is Cl.NC1CCCCN(C2CCC(n3ncc4ccccc4c3=O)CC2)C1. The predicted molar refractivity (Wildman–Crippen MR) is 108 cm³/mol. The number of hydrogen-bond donors (Lipinski definition) is 1. The molecule has 1 aromatic carbocycles. The van der Waals surface area contributed by atoms with Crippen LogP contribution in [0.3, 0.4) is 0 Å². The van der Waals surface area contributed by atoms with E-state index in [9.17, 15) is 4.79 Å². The van der Waals surface area contributed by atoms with Crippen molar-refractivity contribution in [2.45, 2.75) is 63.1 Å². The van der Waals surface area contributed by atoms with Gasteiger partial charge >= 0.3 is 0 Å². The third-order valence-corrected chi connectivity index (χ3v) is 5.99. The molecule has 1 aliphatic heterocycles. The average molecular weight is 377 g/mol. The zero-order valence-electron chi connectivity index (χ0n) is 15.2. The van der Waals surface area contributed by atoms with E-state index >= 15 is 0 Å². The van der Waals surface area contributed by atoms with Gasteiger partial charge in [0.15, 0.2) is 0 Å². The molecule has 0 spiro atoms. The molecule has 1 saturated carbocycles. The van der Waals surface area contributed by atoms with Crippen LogP contribution in [0.5, 0.6) is 0 Å². The maximum Gasteiger partial charge on any atom is 0.274 e. The van der Waals surface area contributed by atoms with Gasteiger partial charge in [-0.25, -0.2) is 4.68 Å². The van der Waals surface area contributed by atoms with Gasteiger partial charge in [0.2, 0.25) is 0 Å². The van der Waals surface area contributed by atoms with Gasteiger partial charge in [-0.15, -0.1) is 12.4 Å². The summed E-state index contributed by atoms with van der Waals surface area (Å²) in [6, 6.07) is 8.90. The molecule has 1 saturated heterocycles.